The third-order valence-corrected chi connectivity index (χ3v) is 11.0. The molecule has 0 bridgehead atoms. The quantitative estimate of drug-likeness (QED) is 0.161. The third-order valence-electron chi connectivity index (χ3n) is 11.0. The van der Waals surface area contributed by atoms with Gasteiger partial charge in [0.25, 0.3) is 0 Å². The molecule has 0 radical (unpaired) electrons. The molecule has 0 unspecified atom stereocenters. The maximum absolute atomic E-state index is 14.4. The van der Waals surface area contributed by atoms with Crippen LogP contribution in [-0.4, -0.2) is 9.13 Å². The van der Waals surface area contributed by atoms with Gasteiger partial charge in [-0.1, -0.05) is 109 Å². The lowest BCUT2D eigenvalue weighted by Gasteiger charge is -2.19. The van der Waals surface area contributed by atoms with Gasteiger partial charge in [0, 0.05) is 27.1 Å². The topological polar surface area (TPSA) is 38.0 Å². The Labute approximate surface area is 331 Å². The van der Waals surface area contributed by atoms with Gasteiger partial charge in [-0.25, -0.2) is 4.85 Å². The van der Waals surface area contributed by atoms with Crippen LogP contribution in [0.15, 0.2) is 176 Å². The minimum absolute atomic E-state index is 0.132. The van der Waals surface area contributed by atoms with Crippen LogP contribution in [0, 0.1) is 17.9 Å². The average molecular weight is 755 g/mol. The molecule has 0 spiro atoms. The van der Waals surface area contributed by atoms with Crippen LogP contribution in [0.4, 0.5) is 18.9 Å². The van der Waals surface area contributed by atoms with Crippen LogP contribution in [0.2, 0.25) is 0 Å². The van der Waals surface area contributed by atoms with Gasteiger partial charge in [0.15, 0.2) is 5.69 Å². The molecule has 10 aromatic rings. The molecule has 4 nitrogen and oxygen atoms in total. The Bertz CT molecular complexity index is 3160. The Kier molecular flexibility index (Phi) is 8.00. The number of fused-ring (bicyclic) bond motifs is 6. The fraction of sp³-hybridized carbons (Fsp3) is 0.0196. The lowest BCUT2D eigenvalue weighted by Crippen LogP contribution is -2.06. The summed E-state index contributed by atoms with van der Waals surface area (Å²) in [6.07, 6.45) is -4.68. The smallest absolute Gasteiger partial charge is 0.308 e. The second-order valence-corrected chi connectivity index (χ2v) is 14.3. The Morgan fingerprint density at radius 1 is 0.448 bits per heavy atom. The molecular formula is C51H29F3N4. The third kappa shape index (κ3) is 5.60. The highest BCUT2D eigenvalue weighted by Gasteiger charge is 2.31. The average Bonchev–Trinajstić information content (AvgIpc) is 3.78. The van der Waals surface area contributed by atoms with E-state index in [4.69, 9.17) is 6.57 Å². The molecule has 0 saturated carbocycles. The molecule has 0 fully saturated rings. The van der Waals surface area contributed by atoms with Crippen LogP contribution in [0.1, 0.15) is 11.1 Å². The molecule has 0 aliphatic rings. The van der Waals surface area contributed by atoms with Gasteiger partial charge in [-0.15, -0.1) is 0 Å². The fourth-order valence-electron chi connectivity index (χ4n) is 8.34. The number of benzene rings is 8. The molecule has 2 heterocycles. The normalized spacial score (nSPS) is 11.7. The molecule has 0 aliphatic carbocycles. The van der Waals surface area contributed by atoms with Crippen LogP contribution in [0.25, 0.3) is 93.2 Å². The molecule has 58 heavy (non-hydrogen) atoms. The van der Waals surface area contributed by atoms with Gasteiger partial charge in [0.05, 0.1) is 40.0 Å². The summed E-state index contributed by atoms with van der Waals surface area (Å²) in [4.78, 5) is 3.43. The van der Waals surface area contributed by atoms with Crippen molar-refractivity contribution >= 4 is 49.3 Å². The van der Waals surface area contributed by atoms with Crippen LogP contribution < -0.4 is 0 Å². The van der Waals surface area contributed by atoms with E-state index in [1.807, 2.05) is 106 Å². The minimum atomic E-state index is -4.68. The predicted molar refractivity (Wildman–Crippen MR) is 227 cm³/mol. The summed E-state index contributed by atoms with van der Waals surface area (Å²) in [5, 5.41) is 15.2. The summed E-state index contributed by atoms with van der Waals surface area (Å²) in [6.45, 7) is 7.71. The first-order valence-electron chi connectivity index (χ1n) is 18.7. The zero-order chi connectivity index (χ0) is 39.5. The van der Waals surface area contributed by atoms with Gasteiger partial charge in [-0.3, -0.25) is 0 Å². The summed E-state index contributed by atoms with van der Waals surface area (Å²) >= 11 is 0. The maximum Gasteiger partial charge on any atom is 0.415 e. The molecule has 0 N–H and O–H groups in total. The largest absolute Gasteiger partial charge is 0.415 e. The highest BCUT2D eigenvalue weighted by molar-refractivity contribution is 6.12. The van der Waals surface area contributed by atoms with E-state index < -0.39 is 11.7 Å². The van der Waals surface area contributed by atoms with Crippen molar-refractivity contribution in [2.24, 2.45) is 0 Å². The van der Waals surface area contributed by atoms with E-state index in [0.717, 1.165) is 78.0 Å². The van der Waals surface area contributed by atoms with Gasteiger partial charge in [0.2, 0.25) is 0 Å². The van der Waals surface area contributed by atoms with Crippen molar-refractivity contribution in [2.75, 3.05) is 0 Å². The van der Waals surface area contributed by atoms with E-state index in [0.29, 0.717) is 22.5 Å². The van der Waals surface area contributed by atoms with E-state index in [2.05, 4.69) is 59.4 Å². The van der Waals surface area contributed by atoms with E-state index in [-0.39, 0.29) is 11.3 Å². The number of hydrogen-bond acceptors (Lipinski definition) is 1. The van der Waals surface area contributed by atoms with Crippen LogP contribution in [-0.2, 0) is 6.18 Å². The Morgan fingerprint density at radius 3 is 1.36 bits per heavy atom. The number of alkyl halides is 3. The lowest BCUT2D eigenvalue weighted by atomic mass is 9.97. The second-order valence-electron chi connectivity index (χ2n) is 14.3. The van der Waals surface area contributed by atoms with Gasteiger partial charge >= 0.3 is 6.18 Å². The standard InChI is InChI=1S/C51H29F3N4/c1-56-39-25-36(24-38(30-39)51(52,53)54)37-28-49(57-45-18-10-8-16-40(45)42-26-34(20-22-47(42)57)32-12-4-2-5-13-32)44(31-55)50(29-37)58-46-19-11-9-17-41(46)43-27-35(21-23-48(43)58)33-14-6-3-7-15-33/h2-30H. The Hall–Kier alpha value is -7.87. The minimum Gasteiger partial charge on any atom is -0.308 e. The predicted octanol–water partition coefficient (Wildman–Crippen LogP) is 14.3. The maximum atomic E-state index is 14.4. The highest BCUT2D eigenvalue weighted by atomic mass is 19.4. The number of para-hydroxylation sites is 2. The van der Waals surface area contributed by atoms with Crippen molar-refractivity contribution in [1.29, 1.82) is 5.26 Å². The molecular weight excluding hydrogens is 726 g/mol. The highest BCUT2D eigenvalue weighted by Crippen LogP contribution is 2.43. The van der Waals surface area contributed by atoms with Crippen LogP contribution >= 0.6 is 0 Å². The van der Waals surface area contributed by atoms with E-state index in [9.17, 15) is 18.4 Å². The number of nitrogens with zero attached hydrogens (tertiary/aromatic N) is 4. The lowest BCUT2D eigenvalue weighted by molar-refractivity contribution is -0.137. The van der Waals surface area contributed by atoms with Gasteiger partial charge in [-0.05, 0) is 100 Å². The molecule has 274 valence electrons. The van der Waals surface area contributed by atoms with Gasteiger partial charge < -0.3 is 9.13 Å². The van der Waals surface area contributed by atoms with Crippen LogP contribution in [0.5, 0.6) is 0 Å². The van der Waals surface area contributed by atoms with Crippen molar-refractivity contribution in [3.63, 3.8) is 0 Å². The monoisotopic (exact) mass is 754 g/mol. The number of nitriles is 1. The molecule has 0 atom stereocenters. The zero-order valence-corrected chi connectivity index (χ0v) is 30.7. The van der Waals surface area contributed by atoms with Crippen LogP contribution in [0.3, 0.4) is 0 Å². The van der Waals surface area contributed by atoms with Crippen molar-refractivity contribution in [1.82, 2.24) is 9.13 Å². The molecule has 8 aromatic carbocycles. The van der Waals surface area contributed by atoms with Gasteiger partial charge in [-0.2, -0.15) is 18.4 Å². The number of halogens is 3. The zero-order valence-electron chi connectivity index (χ0n) is 30.7. The summed E-state index contributed by atoms with van der Waals surface area (Å²) in [6, 6.07) is 58.1. The Balaban J connectivity index is 1.32. The van der Waals surface area contributed by atoms with Crippen molar-refractivity contribution in [2.45, 2.75) is 6.18 Å². The summed E-state index contributed by atoms with van der Waals surface area (Å²) in [7, 11) is 0. The first-order chi connectivity index (χ1) is 28.3. The fourth-order valence-corrected chi connectivity index (χ4v) is 8.34. The first-order valence-corrected chi connectivity index (χ1v) is 18.7. The number of hydrogen-bond donors (Lipinski definition) is 0. The molecule has 0 saturated heterocycles. The molecule has 7 heteroatoms. The number of aromatic nitrogens is 2. The molecule has 2 aromatic heterocycles. The molecule has 10 rings (SSSR count). The van der Waals surface area contributed by atoms with Crippen molar-refractivity contribution in [3.8, 4) is 50.8 Å². The summed E-state index contributed by atoms with van der Waals surface area (Å²) in [5.41, 5.74) is 8.46. The Morgan fingerprint density at radius 2 is 0.897 bits per heavy atom. The summed E-state index contributed by atoms with van der Waals surface area (Å²) in [5.74, 6) is 0. The SMILES string of the molecule is [C-]#[N+]c1cc(-c2cc(-n3c4ccccc4c4cc(-c5ccccc5)ccc43)c(C#N)c(-n3c4ccccc4c4cc(-c5ccccc5)ccc43)c2)cc(C(F)(F)F)c1. The molecule has 0 aliphatic heterocycles. The second kappa shape index (κ2) is 13.4. The van der Waals surface area contributed by atoms with Crippen molar-refractivity contribution in [3.05, 3.63) is 198 Å². The van der Waals surface area contributed by atoms with E-state index >= 15 is 0 Å². The van der Waals surface area contributed by atoms with Crippen molar-refractivity contribution < 1.29 is 13.2 Å². The molecule has 0 amide bonds. The van der Waals surface area contributed by atoms with E-state index in [1.54, 1.807) is 12.1 Å². The number of rotatable bonds is 5. The first kappa shape index (κ1) is 34.6. The van der Waals surface area contributed by atoms with Gasteiger partial charge in [0.1, 0.15) is 11.6 Å². The summed E-state index contributed by atoms with van der Waals surface area (Å²) < 4.78 is 47.2. The van der Waals surface area contributed by atoms with E-state index in [1.165, 1.54) is 6.07 Å².